The highest BCUT2D eigenvalue weighted by Gasteiger charge is 2.62. The lowest BCUT2D eigenvalue weighted by molar-refractivity contribution is -0.252. The molecule has 2 aromatic rings. The van der Waals surface area contributed by atoms with Crippen molar-refractivity contribution in [1.82, 2.24) is 9.80 Å². The first kappa shape index (κ1) is 25.6. The fourth-order valence-corrected chi connectivity index (χ4v) is 6.31. The number of amides is 1. The van der Waals surface area contributed by atoms with Gasteiger partial charge in [0.05, 0.1) is 25.2 Å². The van der Waals surface area contributed by atoms with Gasteiger partial charge in [-0.2, -0.15) is 4.89 Å². The number of unbranched alkanes of at least 4 members (excludes halogenated alkanes) is 1. The predicted octanol–water partition coefficient (Wildman–Crippen LogP) is 4.19. The molecule has 0 aromatic heterocycles. The lowest BCUT2D eigenvalue weighted by Gasteiger charge is -2.47. The summed E-state index contributed by atoms with van der Waals surface area (Å²) in [5.74, 6) is -1.44. The first-order valence-electron chi connectivity index (χ1n) is 13.3. The van der Waals surface area contributed by atoms with E-state index in [0.29, 0.717) is 0 Å². The maximum Gasteiger partial charge on any atom is 0.389 e. The first-order chi connectivity index (χ1) is 17.8. The molecule has 7 heteroatoms. The van der Waals surface area contributed by atoms with Crippen molar-refractivity contribution in [3.63, 3.8) is 0 Å². The fourth-order valence-electron chi connectivity index (χ4n) is 6.31. The van der Waals surface area contributed by atoms with Gasteiger partial charge >= 0.3 is 5.97 Å². The molecule has 0 radical (unpaired) electrons. The van der Waals surface area contributed by atoms with Gasteiger partial charge in [-0.3, -0.25) is 9.68 Å². The van der Waals surface area contributed by atoms with E-state index in [1.54, 1.807) is 6.92 Å². The minimum Gasteiger partial charge on any atom is -0.393 e. The third-order valence-corrected chi connectivity index (χ3v) is 8.10. The molecule has 1 unspecified atom stereocenters. The Bertz CT molecular complexity index is 1220. The molecule has 1 saturated heterocycles. The first-order valence-corrected chi connectivity index (χ1v) is 13.3. The summed E-state index contributed by atoms with van der Waals surface area (Å²) in [5, 5.41) is 10.3. The van der Waals surface area contributed by atoms with Crippen LogP contribution < -0.4 is 0 Å². The zero-order chi connectivity index (χ0) is 26.3. The van der Waals surface area contributed by atoms with Crippen LogP contribution in [-0.2, 0) is 32.3 Å². The second kappa shape index (κ2) is 10.4. The third kappa shape index (κ3) is 4.49. The fraction of sp³-hybridized carbons (Fsp3) is 0.467. The standard InChI is InChI=1S/C30H36N2O5/c1-5-6-15-31(3)17-19-7-9-20(10-8-19)22-12-11-21-13-14-23-26(24(21)16-22)28(30(35)37-36-4)32-27(23)25(18(2)33)29(32)34/h7-12,16,18,23,25,27,33H,5-6,13-15,17H2,1-4H3/t18-,23+,25-,27?/m1/s1. The second-order valence-corrected chi connectivity index (χ2v) is 10.6. The summed E-state index contributed by atoms with van der Waals surface area (Å²) in [6, 6.07) is 14.8. The summed E-state index contributed by atoms with van der Waals surface area (Å²) >= 11 is 0. The van der Waals surface area contributed by atoms with E-state index in [0.717, 1.165) is 53.8 Å². The molecule has 0 bridgehead atoms. The van der Waals surface area contributed by atoms with Gasteiger partial charge < -0.3 is 14.9 Å². The molecule has 196 valence electrons. The quantitative estimate of drug-likeness (QED) is 0.314. The molecule has 3 aliphatic rings. The van der Waals surface area contributed by atoms with Crippen LogP contribution >= 0.6 is 0 Å². The van der Waals surface area contributed by atoms with Crippen LogP contribution in [0.25, 0.3) is 16.7 Å². The average Bonchev–Trinajstić information content (AvgIpc) is 3.18. The van der Waals surface area contributed by atoms with Crippen molar-refractivity contribution in [3.8, 4) is 11.1 Å². The van der Waals surface area contributed by atoms with Crippen molar-refractivity contribution < 1.29 is 24.5 Å². The minimum absolute atomic E-state index is 0.0273. The number of carbonyl (C=O) groups excluding carboxylic acids is 2. The zero-order valence-electron chi connectivity index (χ0n) is 22.1. The Kier molecular flexibility index (Phi) is 7.21. The van der Waals surface area contributed by atoms with Crippen LogP contribution in [0.5, 0.6) is 0 Å². The summed E-state index contributed by atoms with van der Waals surface area (Å²) in [6.45, 7) is 5.86. The molecule has 4 atom stereocenters. The molecular weight excluding hydrogens is 468 g/mol. The smallest absolute Gasteiger partial charge is 0.389 e. The number of hydrogen-bond acceptors (Lipinski definition) is 6. The molecule has 0 saturated carbocycles. The summed E-state index contributed by atoms with van der Waals surface area (Å²) in [4.78, 5) is 39.5. The third-order valence-electron chi connectivity index (χ3n) is 8.10. The largest absolute Gasteiger partial charge is 0.393 e. The number of aliphatic hydroxyl groups is 1. The van der Waals surface area contributed by atoms with Crippen LogP contribution in [0.1, 0.15) is 49.8 Å². The van der Waals surface area contributed by atoms with E-state index in [1.807, 2.05) is 0 Å². The van der Waals surface area contributed by atoms with Gasteiger partial charge in [-0.25, -0.2) is 4.79 Å². The number of carbonyl (C=O) groups is 2. The van der Waals surface area contributed by atoms with Crippen molar-refractivity contribution in [2.24, 2.45) is 11.8 Å². The van der Waals surface area contributed by atoms with Crippen molar-refractivity contribution in [3.05, 3.63) is 64.9 Å². The molecular formula is C30H36N2O5. The van der Waals surface area contributed by atoms with Gasteiger partial charge in [0.1, 0.15) is 5.70 Å². The number of benzene rings is 2. The van der Waals surface area contributed by atoms with Gasteiger partial charge in [0.15, 0.2) is 0 Å². The predicted molar refractivity (Wildman–Crippen MR) is 141 cm³/mol. The monoisotopic (exact) mass is 504 g/mol. The van der Waals surface area contributed by atoms with Crippen molar-refractivity contribution in [1.29, 1.82) is 0 Å². The Balaban J connectivity index is 1.49. The minimum atomic E-state index is -0.778. The Labute approximate surface area is 218 Å². The highest BCUT2D eigenvalue weighted by atomic mass is 17.2. The summed E-state index contributed by atoms with van der Waals surface area (Å²) in [7, 11) is 3.43. The van der Waals surface area contributed by atoms with E-state index in [9.17, 15) is 14.7 Å². The van der Waals surface area contributed by atoms with Gasteiger partial charge in [-0.05, 0) is 79.2 Å². The van der Waals surface area contributed by atoms with Gasteiger partial charge in [0, 0.05) is 12.5 Å². The number of aliphatic hydroxyl groups excluding tert-OH is 1. The summed E-state index contributed by atoms with van der Waals surface area (Å²) < 4.78 is 0. The Morgan fingerprint density at radius 2 is 1.92 bits per heavy atom. The molecule has 0 spiro atoms. The van der Waals surface area contributed by atoms with Gasteiger partial charge in [0.25, 0.3) is 0 Å². The van der Waals surface area contributed by atoms with Crippen LogP contribution in [0.3, 0.4) is 0 Å². The molecule has 1 fully saturated rings. The number of rotatable bonds is 9. The van der Waals surface area contributed by atoms with E-state index in [4.69, 9.17) is 4.89 Å². The van der Waals surface area contributed by atoms with E-state index < -0.39 is 18.0 Å². The van der Waals surface area contributed by atoms with Crippen molar-refractivity contribution in [2.45, 2.75) is 58.2 Å². The highest BCUT2D eigenvalue weighted by Crippen LogP contribution is 2.55. The second-order valence-electron chi connectivity index (χ2n) is 10.6. The summed E-state index contributed by atoms with van der Waals surface area (Å²) in [5.41, 5.74) is 6.65. The number of fused-ring (bicyclic) bond motifs is 5. The highest BCUT2D eigenvalue weighted by molar-refractivity contribution is 6.08. The average molecular weight is 505 g/mol. The molecule has 1 amide bonds. The maximum atomic E-state index is 13.0. The van der Waals surface area contributed by atoms with Crippen molar-refractivity contribution >= 4 is 17.4 Å². The number of nitrogens with zero attached hydrogens (tertiary/aromatic N) is 2. The van der Waals surface area contributed by atoms with Gasteiger partial charge in [0.2, 0.25) is 5.91 Å². The van der Waals surface area contributed by atoms with Crippen LogP contribution in [0.2, 0.25) is 0 Å². The molecule has 1 aliphatic carbocycles. The number of hydrogen-bond donors (Lipinski definition) is 1. The molecule has 37 heavy (non-hydrogen) atoms. The van der Waals surface area contributed by atoms with Crippen molar-refractivity contribution in [2.75, 3.05) is 20.7 Å². The lowest BCUT2D eigenvalue weighted by Crippen LogP contribution is -2.64. The van der Waals surface area contributed by atoms with Crippen LogP contribution in [0, 0.1) is 11.8 Å². The number of β-lactam (4-membered cyclic amide) rings is 1. The number of aryl methyl sites for hydroxylation is 1. The molecule has 5 rings (SSSR count). The van der Waals surface area contributed by atoms with E-state index >= 15 is 0 Å². The normalized spacial score (nSPS) is 22.9. The maximum absolute atomic E-state index is 13.0. The molecule has 2 heterocycles. The van der Waals surface area contributed by atoms with E-state index in [-0.39, 0.29) is 23.6 Å². The Morgan fingerprint density at radius 3 is 2.59 bits per heavy atom. The topological polar surface area (TPSA) is 79.3 Å². The SMILES string of the molecule is CCCCN(C)Cc1ccc(-c2ccc3c(c2)C2=C(C(=O)OOC)N4C(=O)[C@H]([C@@H](C)O)C4[C@H]2CC3)cc1. The zero-order valence-corrected chi connectivity index (χ0v) is 22.1. The Hall–Kier alpha value is -3.00. The van der Waals surface area contributed by atoms with Crippen LogP contribution in [0.4, 0.5) is 0 Å². The van der Waals surface area contributed by atoms with Gasteiger partial charge in [-0.15, -0.1) is 0 Å². The lowest BCUT2D eigenvalue weighted by atomic mass is 9.70. The van der Waals surface area contributed by atoms with Crippen LogP contribution in [0.15, 0.2) is 48.2 Å². The molecule has 1 N–H and O–H groups in total. The van der Waals surface area contributed by atoms with Gasteiger partial charge in [-0.1, -0.05) is 49.7 Å². The molecule has 7 nitrogen and oxygen atoms in total. The summed E-state index contributed by atoms with van der Waals surface area (Å²) in [6.07, 6.45) is 3.27. The van der Waals surface area contributed by atoms with E-state index in [1.165, 1.54) is 30.4 Å². The van der Waals surface area contributed by atoms with Crippen LogP contribution in [-0.4, -0.2) is 59.6 Å². The molecule has 2 aliphatic heterocycles. The molecule has 2 aromatic carbocycles. The Morgan fingerprint density at radius 1 is 1.19 bits per heavy atom. The van der Waals surface area contributed by atoms with E-state index in [2.05, 4.69) is 66.2 Å².